The Balaban J connectivity index is 1.55. The Labute approximate surface area is 261 Å². The van der Waals surface area contributed by atoms with Crippen LogP contribution in [0.3, 0.4) is 0 Å². The number of nitrogens with one attached hydrogen (secondary N) is 2. The van der Waals surface area contributed by atoms with Crippen molar-refractivity contribution in [1.82, 2.24) is 9.97 Å². The summed E-state index contributed by atoms with van der Waals surface area (Å²) < 4.78 is 53.2. The molecule has 2 N–H and O–H groups in total. The number of hydrogen-bond donors (Lipinski definition) is 2. The van der Waals surface area contributed by atoms with Crippen molar-refractivity contribution < 1.29 is 36.7 Å². The Hall–Kier alpha value is -4.62. The molecule has 0 saturated heterocycles. The first-order valence-corrected chi connectivity index (χ1v) is 15.2. The first-order valence-electron chi connectivity index (χ1n) is 13.4. The number of ether oxygens (including phenoxy) is 4. The smallest absolute Gasteiger partial charge is 0.411 e. The van der Waals surface area contributed by atoms with Gasteiger partial charge in [-0.1, -0.05) is 44.5 Å². The molecule has 0 atom stereocenters. The fourth-order valence-electron chi connectivity index (χ4n) is 3.76. The van der Waals surface area contributed by atoms with Crippen LogP contribution in [0.2, 0.25) is 5.02 Å². The van der Waals surface area contributed by atoms with Crippen LogP contribution in [0.25, 0.3) is 0 Å². The van der Waals surface area contributed by atoms with Gasteiger partial charge in [-0.2, -0.15) is 4.98 Å². The lowest BCUT2D eigenvalue weighted by atomic mass is 9.87. The van der Waals surface area contributed by atoms with Crippen LogP contribution in [0.1, 0.15) is 26.3 Å². The van der Waals surface area contributed by atoms with Gasteiger partial charge < -0.3 is 18.9 Å². The van der Waals surface area contributed by atoms with Gasteiger partial charge in [-0.05, 0) is 35.2 Å². The molecule has 0 fully saturated rings. The standard InChI is InChI=1S/C30H32ClN5O7S/c1-30(2,3)20-6-9-23(10-7-20)44(38,39)35-27-26(43-25-18-22(40-5)8-11-24(25)31)28(33-19-32-27)41-16-17-42-29(37)34-21-12-14-36(4)15-13-21/h6-15,18-19H,16-17H2,1-5H3,(H,32,33,35)/p+1. The molecule has 14 heteroatoms. The second-order valence-electron chi connectivity index (χ2n) is 10.5. The van der Waals surface area contributed by atoms with Crippen molar-refractivity contribution in [3.63, 3.8) is 0 Å². The van der Waals surface area contributed by atoms with Gasteiger partial charge in [0.1, 0.15) is 38.1 Å². The van der Waals surface area contributed by atoms with E-state index in [1.165, 1.54) is 25.3 Å². The monoisotopic (exact) mass is 642 g/mol. The number of benzene rings is 2. The molecule has 1 amide bonds. The highest BCUT2D eigenvalue weighted by molar-refractivity contribution is 7.92. The van der Waals surface area contributed by atoms with Crippen LogP contribution in [0.5, 0.6) is 23.1 Å². The maximum atomic E-state index is 13.4. The molecule has 0 aliphatic heterocycles. The number of methoxy groups -OCH3 is 1. The Kier molecular flexibility index (Phi) is 10.1. The lowest BCUT2D eigenvalue weighted by Crippen LogP contribution is -2.26. The minimum absolute atomic E-state index is 0.0172. The Bertz CT molecular complexity index is 1710. The lowest BCUT2D eigenvalue weighted by Gasteiger charge is -2.19. The van der Waals surface area contributed by atoms with Crippen molar-refractivity contribution in [2.75, 3.05) is 30.4 Å². The van der Waals surface area contributed by atoms with Gasteiger partial charge in [0.15, 0.2) is 18.2 Å². The quantitative estimate of drug-likeness (QED) is 0.161. The number of amides is 1. The highest BCUT2D eigenvalue weighted by Crippen LogP contribution is 2.40. The van der Waals surface area contributed by atoms with Gasteiger partial charge in [0.25, 0.3) is 15.9 Å². The molecule has 0 unspecified atom stereocenters. The number of halogens is 1. The summed E-state index contributed by atoms with van der Waals surface area (Å²) in [6.45, 7) is 5.80. The summed E-state index contributed by atoms with van der Waals surface area (Å²) in [4.78, 5) is 20.4. The summed E-state index contributed by atoms with van der Waals surface area (Å²) in [6, 6.07) is 14.7. The number of sulfonamides is 1. The van der Waals surface area contributed by atoms with E-state index in [9.17, 15) is 13.2 Å². The minimum Gasteiger partial charge on any atom is -0.497 e. The van der Waals surface area contributed by atoms with Crippen molar-refractivity contribution in [2.24, 2.45) is 7.05 Å². The number of carbonyl (C=O) groups is 1. The summed E-state index contributed by atoms with van der Waals surface area (Å²) >= 11 is 6.36. The fourth-order valence-corrected chi connectivity index (χ4v) is 4.92. The van der Waals surface area contributed by atoms with Crippen molar-refractivity contribution in [3.8, 4) is 23.1 Å². The Morgan fingerprint density at radius 3 is 2.36 bits per heavy atom. The van der Waals surface area contributed by atoms with Crippen molar-refractivity contribution in [3.05, 3.63) is 83.9 Å². The average Bonchev–Trinajstić information content (AvgIpc) is 2.98. The van der Waals surface area contributed by atoms with Gasteiger partial charge in [0.05, 0.1) is 22.7 Å². The zero-order chi connectivity index (χ0) is 31.9. The summed E-state index contributed by atoms with van der Waals surface area (Å²) in [5, 5.41) is 2.82. The zero-order valence-electron chi connectivity index (χ0n) is 24.8. The Morgan fingerprint density at radius 2 is 1.70 bits per heavy atom. The third-order valence-electron chi connectivity index (χ3n) is 6.16. The average molecular weight is 643 g/mol. The van der Waals surface area contributed by atoms with Gasteiger partial charge >= 0.3 is 6.09 Å². The predicted octanol–water partition coefficient (Wildman–Crippen LogP) is 5.48. The molecule has 0 radical (unpaired) electrons. The van der Waals surface area contributed by atoms with Gasteiger partial charge in [0.2, 0.25) is 5.75 Å². The molecule has 0 spiro atoms. The second-order valence-corrected chi connectivity index (χ2v) is 12.6. The summed E-state index contributed by atoms with van der Waals surface area (Å²) in [5.41, 5.74) is 1.37. The van der Waals surface area contributed by atoms with Crippen LogP contribution in [-0.2, 0) is 27.2 Å². The van der Waals surface area contributed by atoms with Crippen LogP contribution in [0.15, 0.2) is 78.2 Å². The van der Waals surface area contributed by atoms with E-state index in [1.54, 1.807) is 48.8 Å². The number of nitrogens with zero attached hydrogens (tertiary/aromatic N) is 3. The molecule has 0 saturated carbocycles. The number of hydrogen-bond acceptors (Lipinski definition) is 9. The largest absolute Gasteiger partial charge is 0.497 e. The predicted molar refractivity (Wildman–Crippen MR) is 164 cm³/mol. The summed E-state index contributed by atoms with van der Waals surface area (Å²) in [5.74, 6) is 0.0759. The maximum absolute atomic E-state index is 13.4. The zero-order valence-corrected chi connectivity index (χ0v) is 26.4. The summed E-state index contributed by atoms with van der Waals surface area (Å²) in [7, 11) is -0.779. The van der Waals surface area contributed by atoms with E-state index >= 15 is 0 Å². The van der Waals surface area contributed by atoms with Crippen LogP contribution < -0.4 is 28.8 Å². The van der Waals surface area contributed by atoms with Gasteiger partial charge in [0, 0.05) is 18.2 Å². The first kappa shape index (κ1) is 32.3. The molecule has 44 heavy (non-hydrogen) atoms. The molecule has 232 valence electrons. The van der Waals surface area contributed by atoms with E-state index in [4.69, 9.17) is 30.5 Å². The fraction of sp³-hybridized carbons (Fsp3) is 0.267. The van der Waals surface area contributed by atoms with E-state index in [0.717, 1.165) is 11.9 Å². The number of rotatable bonds is 11. The maximum Gasteiger partial charge on any atom is 0.411 e. The third-order valence-corrected chi connectivity index (χ3v) is 7.83. The topological polar surface area (TPSA) is 142 Å². The SMILES string of the molecule is COc1ccc(Cl)c(Oc2c(NS(=O)(=O)c3ccc(C(C)(C)C)cc3)ncnc2OCCOC(=O)Nc2cc[n+](C)cc2)c1. The van der Waals surface area contributed by atoms with Gasteiger partial charge in [-0.25, -0.2) is 22.8 Å². The van der Waals surface area contributed by atoms with Crippen LogP contribution in [-0.4, -0.2) is 44.8 Å². The van der Waals surface area contributed by atoms with E-state index in [-0.39, 0.29) is 51.7 Å². The van der Waals surface area contributed by atoms with E-state index in [0.29, 0.717) is 11.4 Å². The lowest BCUT2D eigenvalue weighted by molar-refractivity contribution is -0.671. The van der Waals surface area contributed by atoms with E-state index in [2.05, 4.69) is 20.0 Å². The van der Waals surface area contributed by atoms with Crippen LogP contribution in [0, 0.1) is 0 Å². The molecule has 12 nitrogen and oxygen atoms in total. The molecule has 4 rings (SSSR count). The molecule has 0 aliphatic carbocycles. The molecular weight excluding hydrogens is 610 g/mol. The molecule has 2 heterocycles. The van der Waals surface area contributed by atoms with Crippen molar-refractivity contribution in [2.45, 2.75) is 31.1 Å². The molecule has 2 aromatic heterocycles. The van der Waals surface area contributed by atoms with Crippen molar-refractivity contribution >= 4 is 39.2 Å². The minimum atomic E-state index is -4.11. The number of pyridine rings is 1. The van der Waals surface area contributed by atoms with Crippen LogP contribution >= 0.6 is 11.6 Å². The molecule has 0 aliphatic rings. The highest BCUT2D eigenvalue weighted by atomic mass is 35.5. The van der Waals surface area contributed by atoms with Gasteiger partial charge in [-0.3, -0.25) is 10.0 Å². The number of aryl methyl sites for hydroxylation is 1. The molecule has 4 aromatic rings. The number of aromatic nitrogens is 3. The Morgan fingerprint density at radius 1 is 1.00 bits per heavy atom. The molecule has 2 aromatic carbocycles. The van der Waals surface area contributed by atoms with Crippen LogP contribution in [0.4, 0.5) is 16.3 Å². The number of anilines is 2. The summed E-state index contributed by atoms with van der Waals surface area (Å²) in [6.07, 6.45) is 3.97. The molecular formula is C30H33ClN5O7S+. The van der Waals surface area contributed by atoms with Gasteiger partial charge in [-0.15, -0.1) is 0 Å². The van der Waals surface area contributed by atoms with E-state index < -0.39 is 16.1 Å². The first-order chi connectivity index (χ1) is 20.9. The molecule has 0 bridgehead atoms. The highest BCUT2D eigenvalue weighted by Gasteiger charge is 2.24. The van der Waals surface area contributed by atoms with Crippen molar-refractivity contribution in [1.29, 1.82) is 0 Å². The van der Waals surface area contributed by atoms with E-state index in [1.807, 2.05) is 32.4 Å². The number of carbonyl (C=O) groups excluding carboxylic acids is 1. The third kappa shape index (κ3) is 8.48. The second kappa shape index (κ2) is 13.8. The normalized spacial score (nSPS) is 11.4.